The first-order valence-corrected chi connectivity index (χ1v) is 8.83. The van der Waals surface area contributed by atoms with Gasteiger partial charge in [0, 0.05) is 31.9 Å². The summed E-state index contributed by atoms with van der Waals surface area (Å²) in [5.41, 5.74) is 2.17. The van der Waals surface area contributed by atoms with Crippen LogP contribution in [0.1, 0.15) is 56.4 Å². The summed E-state index contributed by atoms with van der Waals surface area (Å²) < 4.78 is 7.78. The van der Waals surface area contributed by atoms with Crippen LogP contribution in [0.5, 0.6) is 0 Å². The first-order chi connectivity index (χ1) is 11.6. The van der Waals surface area contributed by atoms with Gasteiger partial charge in [0.25, 0.3) is 5.91 Å². The van der Waals surface area contributed by atoms with E-state index in [0.29, 0.717) is 24.7 Å². The minimum atomic E-state index is 0.000158. The first kappa shape index (κ1) is 16.9. The number of carbonyl (C=O) groups is 1. The average Bonchev–Trinajstić information content (AvgIpc) is 3.03. The molecule has 1 unspecified atom stereocenters. The number of imidazole rings is 1. The Labute approximate surface area is 142 Å². The molecule has 0 bridgehead atoms. The van der Waals surface area contributed by atoms with Crippen molar-refractivity contribution in [2.75, 3.05) is 19.7 Å². The van der Waals surface area contributed by atoms with E-state index in [1.54, 1.807) is 12.5 Å². The zero-order valence-corrected chi connectivity index (χ0v) is 14.7. The van der Waals surface area contributed by atoms with Crippen molar-refractivity contribution in [2.24, 2.45) is 0 Å². The van der Waals surface area contributed by atoms with Crippen molar-refractivity contribution in [3.8, 4) is 0 Å². The van der Waals surface area contributed by atoms with Crippen LogP contribution in [-0.4, -0.2) is 51.1 Å². The van der Waals surface area contributed by atoms with Gasteiger partial charge in [0.1, 0.15) is 5.52 Å². The molecule has 1 fully saturated rings. The maximum atomic E-state index is 12.8. The number of nitrogens with zero attached hydrogens (tertiary/aromatic N) is 4. The van der Waals surface area contributed by atoms with Gasteiger partial charge in [-0.25, -0.2) is 9.97 Å². The Bertz CT molecular complexity index is 704. The fraction of sp³-hybridized carbons (Fsp3) is 0.611. The van der Waals surface area contributed by atoms with Crippen molar-refractivity contribution >= 4 is 17.1 Å². The number of hydrogen-bond acceptors (Lipinski definition) is 4. The first-order valence-electron chi connectivity index (χ1n) is 8.83. The zero-order valence-electron chi connectivity index (χ0n) is 14.7. The molecule has 6 nitrogen and oxygen atoms in total. The molecular weight excluding hydrogens is 304 g/mol. The maximum Gasteiger partial charge on any atom is 0.255 e. The number of amides is 1. The second-order valence-electron chi connectivity index (χ2n) is 6.64. The van der Waals surface area contributed by atoms with Gasteiger partial charge in [-0.15, -0.1) is 0 Å². The molecule has 1 saturated heterocycles. The lowest BCUT2D eigenvalue weighted by Crippen LogP contribution is -2.39. The highest BCUT2D eigenvalue weighted by atomic mass is 16.5. The lowest BCUT2D eigenvalue weighted by molar-refractivity contribution is -0.00312. The van der Waals surface area contributed by atoms with Gasteiger partial charge < -0.3 is 14.2 Å². The van der Waals surface area contributed by atoms with Crippen molar-refractivity contribution in [3.05, 3.63) is 24.2 Å². The smallest absolute Gasteiger partial charge is 0.255 e. The summed E-state index contributed by atoms with van der Waals surface area (Å²) in [6.45, 7) is 8.29. The number of ether oxygens (including phenoxy) is 1. The van der Waals surface area contributed by atoms with Crippen molar-refractivity contribution < 1.29 is 9.53 Å². The summed E-state index contributed by atoms with van der Waals surface area (Å²) >= 11 is 0. The van der Waals surface area contributed by atoms with Crippen molar-refractivity contribution in [2.45, 2.75) is 52.2 Å². The van der Waals surface area contributed by atoms with Crippen LogP contribution in [0, 0.1) is 0 Å². The van der Waals surface area contributed by atoms with E-state index in [0.717, 1.165) is 30.6 Å². The molecule has 2 aromatic heterocycles. The molecule has 130 valence electrons. The van der Waals surface area contributed by atoms with E-state index >= 15 is 0 Å². The highest BCUT2D eigenvalue weighted by Crippen LogP contribution is 2.19. The van der Waals surface area contributed by atoms with E-state index < -0.39 is 0 Å². The minimum absolute atomic E-state index is 0.000158. The Morgan fingerprint density at radius 3 is 2.92 bits per heavy atom. The van der Waals surface area contributed by atoms with Gasteiger partial charge in [-0.2, -0.15) is 0 Å². The summed E-state index contributed by atoms with van der Waals surface area (Å²) in [4.78, 5) is 23.5. The summed E-state index contributed by atoms with van der Waals surface area (Å²) in [6, 6.07) is 2.13. The van der Waals surface area contributed by atoms with Crippen LogP contribution < -0.4 is 0 Å². The molecule has 1 aliphatic rings. The van der Waals surface area contributed by atoms with Gasteiger partial charge >= 0.3 is 0 Å². The zero-order chi connectivity index (χ0) is 17.1. The molecule has 1 aliphatic heterocycles. The van der Waals surface area contributed by atoms with Crippen molar-refractivity contribution in [3.63, 3.8) is 0 Å². The predicted molar refractivity (Wildman–Crippen MR) is 93.1 cm³/mol. The van der Waals surface area contributed by atoms with Crippen LogP contribution >= 0.6 is 0 Å². The van der Waals surface area contributed by atoms with Crippen molar-refractivity contribution in [1.82, 2.24) is 19.4 Å². The van der Waals surface area contributed by atoms with Crippen LogP contribution in [-0.2, 0) is 4.74 Å². The van der Waals surface area contributed by atoms with Crippen LogP contribution in [0.2, 0.25) is 0 Å². The molecule has 0 N–H and O–H groups in total. The second kappa shape index (κ2) is 7.30. The van der Waals surface area contributed by atoms with Crippen molar-refractivity contribution in [1.29, 1.82) is 0 Å². The number of pyridine rings is 1. The Hall–Kier alpha value is -1.95. The van der Waals surface area contributed by atoms with Gasteiger partial charge in [-0.1, -0.05) is 0 Å². The van der Waals surface area contributed by atoms with E-state index in [1.165, 1.54) is 6.42 Å². The molecule has 1 amide bonds. The summed E-state index contributed by atoms with van der Waals surface area (Å²) in [5.74, 6) is 0.000158. The molecule has 0 saturated carbocycles. The van der Waals surface area contributed by atoms with E-state index in [4.69, 9.17) is 4.74 Å². The molecule has 0 aliphatic carbocycles. The maximum absolute atomic E-state index is 12.8. The van der Waals surface area contributed by atoms with Crippen LogP contribution in [0.25, 0.3) is 11.2 Å². The molecule has 3 rings (SSSR count). The number of fused-ring (bicyclic) bond motifs is 1. The number of rotatable bonds is 5. The van der Waals surface area contributed by atoms with Crippen LogP contribution in [0.3, 0.4) is 0 Å². The molecule has 0 spiro atoms. The Morgan fingerprint density at radius 1 is 1.42 bits per heavy atom. The molecule has 2 aromatic rings. The minimum Gasteiger partial charge on any atom is -0.376 e. The molecule has 0 radical (unpaired) electrons. The fourth-order valence-corrected chi connectivity index (χ4v) is 3.15. The number of hydrogen-bond donors (Lipinski definition) is 0. The van der Waals surface area contributed by atoms with Gasteiger partial charge in [0.05, 0.1) is 18.0 Å². The van der Waals surface area contributed by atoms with Gasteiger partial charge in [-0.05, 0) is 46.1 Å². The van der Waals surface area contributed by atoms with Gasteiger partial charge in [0.15, 0.2) is 5.65 Å². The normalized spacial score (nSPS) is 18.2. The average molecular weight is 330 g/mol. The summed E-state index contributed by atoms with van der Waals surface area (Å²) in [7, 11) is 0. The van der Waals surface area contributed by atoms with Gasteiger partial charge in [-0.3, -0.25) is 4.79 Å². The molecule has 24 heavy (non-hydrogen) atoms. The molecule has 0 aromatic carbocycles. The lowest BCUT2D eigenvalue weighted by Gasteiger charge is -2.29. The number of aromatic nitrogens is 3. The second-order valence-corrected chi connectivity index (χ2v) is 6.64. The molecule has 1 atom stereocenters. The Kier molecular flexibility index (Phi) is 5.14. The van der Waals surface area contributed by atoms with E-state index in [1.807, 2.05) is 22.5 Å². The monoisotopic (exact) mass is 330 g/mol. The highest BCUT2D eigenvalue weighted by Gasteiger charge is 2.22. The molecule has 6 heteroatoms. The number of likely N-dealkylation sites (N-methyl/N-ethyl adjacent to an activating group) is 1. The third kappa shape index (κ3) is 3.43. The third-order valence-electron chi connectivity index (χ3n) is 4.58. The summed E-state index contributed by atoms with van der Waals surface area (Å²) in [5, 5.41) is 0. The fourth-order valence-electron chi connectivity index (χ4n) is 3.15. The van der Waals surface area contributed by atoms with Gasteiger partial charge in [0.2, 0.25) is 0 Å². The van der Waals surface area contributed by atoms with E-state index in [9.17, 15) is 4.79 Å². The van der Waals surface area contributed by atoms with Crippen LogP contribution in [0.15, 0.2) is 18.6 Å². The topological polar surface area (TPSA) is 60.2 Å². The standard InChI is InChI=1S/C18H26N4O2/c1-4-21(11-15-7-5-6-8-24-15)18(23)14-9-16-17(19-10-14)22(12-20-16)13(2)3/h9-10,12-13,15H,4-8,11H2,1-3H3. The number of carbonyl (C=O) groups excluding carboxylic acids is 1. The highest BCUT2D eigenvalue weighted by molar-refractivity contribution is 5.96. The molecule has 3 heterocycles. The molecular formula is C18H26N4O2. The van der Waals surface area contributed by atoms with E-state index in [2.05, 4.69) is 23.8 Å². The largest absolute Gasteiger partial charge is 0.376 e. The van der Waals surface area contributed by atoms with Crippen LogP contribution in [0.4, 0.5) is 0 Å². The summed E-state index contributed by atoms with van der Waals surface area (Å²) in [6.07, 6.45) is 6.92. The third-order valence-corrected chi connectivity index (χ3v) is 4.58. The van der Waals surface area contributed by atoms with E-state index in [-0.39, 0.29) is 12.0 Å². The lowest BCUT2D eigenvalue weighted by atomic mass is 10.1. The quantitative estimate of drug-likeness (QED) is 0.845. The Balaban J connectivity index is 1.78. The predicted octanol–water partition coefficient (Wildman–Crippen LogP) is 3.04. The Morgan fingerprint density at radius 2 is 2.25 bits per heavy atom. The SMILES string of the molecule is CCN(CC1CCCCO1)C(=O)c1cnc2c(c1)ncn2C(C)C.